The van der Waals surface area contributed by atoms with Gasteiger partial charge in [-0.3, -0.25) is 4.79 Å². The Kier molecular flexibility index (Phi) is 5.17. The highest BCUT2D eigenvalue weighted by Crippen LogP contribution is 2.22. The number of nitrogens with zero attached hydrogens (tertiary/aromatic N) is 4. The van der Waals surface area contributed by atoms with Crippen LogP contribution in [0.15, 0.2) is 44.7 Å². The lowest BCUT2D eigenvalue weighted by atomic mass is 10.2. The number of carbonyl (C=O) groups excluding carboxylic acids is 1. The fourth-order valence-electron chi connectivity index (χ4n) is 2.30. The predicted molar refractivity (Wildman–Crippen MR) is 102 cm³/mol. The summed E-state index contributed by atoms with van der Waals surface area (Å²) in [6, 6.07) is 9.73. The van der Waals surface area contributed by atoms with E-state index in [1.165, 1.54) is 0 Å². The summed E-state index contributed by atoms with van der Waals surface area (Å²) in [7, 11) is 1.77. The lowest BCUT2D eigenvalue weighted by molar-refractivity contribution is 0.0780. The second kappa shape index (κ2) is 7.16. The van der Waals surface area contributed by atoms with Gasteiger partial charge in [0.1, 0.15) is 0 Å². The third kappa shape index (κ3) is 3.60. The van der Waals surface area contributed by atoms with Crippen LogP contribution in [0, 0.1) is 6.92 Å². The third-order valence-electron chi connectivity index (χ3n) is 3.51. The van der Waals surface area contributed by atoms with Gasteiger partial charge in [-0.05, 0) is 47.1 Å². The summed E-state index contributed by atoms with van der Waals surface area (Å²) < 4.78 is 3.65. The van der Waals surface area contributed by atoms with E-state index in [1.54, 1.807) is 28.0 Å². The van der Waals surface area contributed by atoms with Crippen molar-refractivity contribution in [3.8, 4) is 5.69 Å². The highest BCUT2D eigenvalue weighted by molar-refractivity contribution is 9.10. The molecule has 3 aromatic rings. The Morgan fingerprint density at radius 2 is 2.08 bits per heavy atom. The van der Waals surface area contributed by atoms with Crippen molar-refractivity contribution < 1.29 is 4.79 Å². The first-order valence-corrected chi connectivity index (χ1v) is 9.59. The van der Waals surface area contributed by atoms with Gasteiger partial charge < -0.3 is 4.90 Å². The van der Waals surface area contributed by atoms with Crippen molar-refractivity contribution in [3.63, 3.8) is 0 Å². The molecule has 24 heavy (non-hydrogen) atoms. The standard InChI is InChI=1S/C16H14Br2N4OS/c1-10-15(16(23)21(2)8-14-7-12(18)9-24-14)19-20-22(10)13-5-3-4-11(17)6-13/h3-7,9H,8H2,1-2H3. The van der Waals surface area contributed by atoms with Gasteiger partial charge in [-0.2, -0.15) is 0 Å². The number of halogens is 2. The molecule has 0 aliphatic carbocycles. The number of amides is 1. The van der Waals surface area contributed by atoms with E-state index in [0.717, 1.165) is 25.2 Å². The van der Waals surface area contributed by atoms with Gasteiger partial charge in [0.05, 0.1) is 17.9 Å². The minimum atomic E-state index is -0.140. The molecular formula is C16H14Br2N4OS. The molecule has 0 fully saturated rings. The summed E-state index contributed by atoms with van der Waals surface area (Å²) in [4.78, 5) is 15.4. The topological polar surface area (TPSA) is 51.0 Å². The summed E-state index contributed by atoms with van der Waals surface area (Å²) >= 11 is 8.48. The molecule has 0 saturated heterocycles. The van der Waals surface area contributed by atoms with E-state index in [0.29, 0.717) is 12.2 Å². The van der Waals surface area contributed by atoms with E-state index >= 15 is 0 Å². The first-order valence-electron chi connectivity index (χ1n) is 7.12. The Balaban J connectivity index is 1.83. The molecular weight excluding hydrogens is 456 g/mol. The van der Waals surface area contributed by atoms with Crippen LogP contribution < -0.4 is 0 Å². The Morgan fingerprint density at radius 3 is 2.75 bits per heavy atom. The molecule has 8 heteroatoms. The number of thiophene rings is 1. The van der Waals surface area contributed by atoms with Gasteiger partial charge in [0, 0.05) is 26.3 Å². The Bertz CT molecular complexity index is 890. The van der Waals surface area contributed by atoms with Gasteiger partial charge in [-0.15, -0.1) is 16.4 Å². The zero-order chi connectivity index (χ0) is 17.3. The summed E-state index contributed by atoms with van der Waals surface area (Å²) in [5, 5.41) is 10.2. The van der Waals surface area contributed by atoms with Crippen LogP contribution in [0.25, 0.3) is 5.69 Å². The van der Waals surface area contributed by atoms with E-state index in [9.17, 15) is 4.79 Å². The maximum absolute atomic E-state index is 12.7. The van der Waals surface area contributed by atoms with Crippen LogP contribution in [-0.4, -0.2) is 32.8 Å². The maximum Gasteiger partial charge on any atom is 0.276 e. The summed E-state index contributed by atoms with van der Waals surface area (Å²) in [5.74, 6) is -0.140. The Labute approximate surface area is 160 Å². The van der Waals surface area contributed by atoms with Crippen molar-refractivity contribution in [2.24, 2.45) is 0 Å². The normalized spacial score (nSPS) is 10.8. The zero-order valence-electron chi connectivity index (χ0n) is 13.0. The molecule has 0 saturated carbocycles. The van der Waals surface area contributed by atoms with E-state index < -0.39 is 0 Å². The van der Waals surface area contributed by atoms with Crippen LogP contribution in [0.2, 0.25) is 0 Å². The molecule has 0 aliphatic heterocycles. The summed E-state index contributed by atoms with van der Waals surface area (Å²) in [5.41, 5.74) is 1.95. The maximum atomic E-state index is 12.7. The summed E-state index contributed by atoms with van der Waals surface area (Å²) in [6.45, 7) is 2.39. The van der Waals surface area contributed by atoms with Gasteiger partial charge in [0.25, 0.3) is 5.91 Å². The molecule has 0 aliphatic rings. The molecule has 0 spiro atoms. The molecule has 0 radical (unpaired) electrons. The number of hydrogen-bond donors (Lipinski definition) is 0. The van der Waals surface area contributed by atoms with Gasteiger partial charge >= 0.3 is 0 Å². The quantitative estimate of drug-likeness (QED) is 0.567. The van der Waals surface area contributed by atoms with Gasteiger partial charge in [-0.25, -0.2) is 4.68 Å². The van der Waals surface area contributed by atoms with Crippen molar-refractivity contribution in [2.75, 3.05) is 7.05 Å². The molecule has 3 rings (SSSR count). The molecule has 1 amide bonds. The van der Waals surface area contributed by atoms with Crippen LogP contribution >= 0.6 is 43.2 Å². The lowest BCUT2D eigenvalue weighted by Gasteiger charge is -2.15. The van der Waals surface area contributed by atoms with Crippen molar-refractivity contribution in [2.45, 2.75) is 13.5 Å². The molecule has 0 N–H and O–H groups in total. The lowest BCUT2D eigenvalue weighted by Crippen LogP contribution is -2.26. The number of hydrogen-bond acceptors (Lipinski definition) is 4. The van der Waals surface area contributed by atoms with Gasteiger partial charge in [-0.1, -0.05) is 27.2 Å². The van der Waals surface area contributed by atoms with Crippen LogP contribution in [0.5, 0.6) is 0 Å². The van der Waals surface area contributed by atoms with E-state index in [2.05, 4.69) is 42.2 Å². The average molecular weight is 470 g/mol. The van der Waals surface area contributed by atoms with Crippen molar-refractivity contribution in [1.82, 2.24) is 19.9 Å². The van der Waals surface area contributed by atoms with E-state index in [1.807, 2.05) is 42.6 Å². The third-order valence-corrected chi connectivity index (χ3v) is 5.69. The van der Waals surface area contributed by atoms with Crippen molar-refractivity contribution in [3.05, 3.63) is 60.9 Å². The SMILES string of the molecule is Cc1c(C(=O)N(C)Cc2cc(Br)cs2)nnn1-c1cccc(Br)c1. The second-order valence-electron chi connectivity index (χ2n) is 5.31. The average Bonchev–Trinajstić information content (AvgIpc) is 3.12. The molecule has 0 bridgehead atoms. The monoisotopic (exact) mass is 468 g/mol. The molecule has 2 aromatic heterocycles. The van der Waals surface area contributed by atoms with Gasteiger partial charge in [0.2, 0.25) is 0 Å². The predicted octanol–water partition coefficient (Wildman–Crippen LogP) is 4.43. The number of carbonyl (C=O) groups is 1. The molecule has 0 atom stereocenters. The molecule has 5 nitrogen and oxygen atoms in total. The minimum absolute atomic E-state index is 0.140. The Morgan fingerprint density at radius 1 is 1.29 bits per heavy atom. The van der Waals surface area contributed by atoms with Crippen LogP contribution in [-0.2, 0) is 6.54 Å². The number of aromatic nitrogens is 3. The number of benzene rings is 1. The first-order chi connectivity index (χ1) is 11.5. The smallest absolute Gasteiger partial charge is 0.276 e. The van der Waals surface area contributed by atoms with Gasteiger partial charge in [0.15, 0.2) is 5.69 Å². The van der Waals surface area contributed by atoms with Crippen LogP contribution in [0.1, 0.15) is 21.1 Å². The second-order valence-corrected chi connectivity index (χ2v) is 8.13. The van der Waals surface area contributed by atoms with Crippen molar-refractivity contribution in [1.29, 1.82) is 0 Å². The van der Waals surface area contributed by atoms with Crippen molar-refractivity contribution >= 4 is 49.1 Å². The fraction of sp³-hybridized carbons (Fsp3) is 0.188. The molecule has 0 unspecified atom stereocenters. The highest BCUT2D eigenvalue weighted by Gasteiger charge is 2.21. The highest BCUT2D eigenvalue weighted by atomic mass is 79.9. The number of rotatable bonds is 4. The van der Waals surface area contributed by atoms with Crippen LogP contribution in [0.4, 0.5) is 0 Å². The summed E-state index contributed by atoms with van der Waals surface area (Å²) in [6.07, 6.45) is 0. The molecule has 1 aromatic carbocycles. The molecule has 124 valence electrons. The Hall–Kier alpha value is -1.51. The van der Waals surface area contributed by atoms with Crippen LogP contribution in [0.3, 0.4) is 0 Å². The fourth-order valence-corrected chi connectivity index (χ4v) is 4.19. The van der Waals surface area contributed by atoms with E-state index in [-0.39, 0.29) is 5.91 Å². The molecule has 2 heterocycles. The van der Waals surface area contributed by atoms with E-state index in [4.69, 9.17) is 0 Å². The first kappa shape index (κ1) is 17.3. The zero-order valence-corrected chi connectivity index (χ0v) is 17.0. The largest absolute Gasteiger partial charge is 0.335 e. The minimum Gasteiger partial charge on any atom is -0.335 e.